The van der Waals surface area contributed by atoms with Gasteiger partial charge in [-0.3, -0.25) is 9.59 Å². The van der Waals surface area contributed by atoms with E-state index in [0.29, 0.717) is 24.2 Å². The zero-order valence-electron chi connectivity index (χ0n) is 17.3. The first-order chi connectivity index (χ1) is 13.9. The third-order valence-corrected chi connectivity index (χ3v) is 5.26. The third kappa shape index (κ3) is 5.09. The van der Waals surface area contributed by atoms with E-state index in [4.69, 9.17) is 4.74 Å². The van der Waals surface area contributed by atoms with Crippen LogP contribution in [0.1, 0.15) is 24.5 Å². The number of fused-ring (bicyclic) bond motifs is 1. The van der Waals surface area contributed by atoms with E-state index in [1.807, 2.05) is 24.3 Å². The fourth-order valence-corrected chi connectivity index (χ4v) is 3.48. The number of ether oxygens (including phenoxy) is 1. The van der Waals surface area contributed by atoms with E-state index < -0.39 is 17.9 Å². The molecule has 30 heavy (non-hydrogen) atoms. The molecule has 2 aromatic carbocycles. The Hall–Kier alpha value is -2.64. The van der Waals surface area contributed by atoms with Gasteiger partial charge in [0.2, 0.25) is 11.8 Å². The highest BCUT2D eigenvalue weighted by Crippen LogP contribution is 2.30. The fraction of sp³-hybridized carbons (Fsp3) is 0.364. The Bertz CT molecular complexity index is 909. The van der Waals surface area contributed by atoms with Gasteiger partial charge in [-0.05, 0) is 56.6 Å². The highest BCUT2D eigenvalue weighted by atomic mass is 35.5. The average molecular weight is 436 g/mol. The number of aryl methyl sites for hydroxylation is 1. The minimum absolute atomic E-state index is 0. The van der Waals surface area contributed by atoms with Crippen LogP contribution in [0.5, 0.6) is 5.75 Å². The molecule has 162 valence electrons. The largest absolute Gasteiger partial charge is 0.496 e. The van der Waals surface area contributed by atoms with Crippen LogP contribution in [0.2, 0.25) is 0 Å². The van der Waals surface area contributed by atoms with Crippen LogP contribution in [0.25, 0.3) is 0 Å². The number of para-hydroxylation sites is 1. The molecule has 3 rings (SSSR count). The third-order valence-electron chi connectivity index (χ3n) is 5.26. The summed E-state index contributed by atoms with van der Waals surface area (Å²) >= 11 is 0. The maximum atomic E-state index is 13.9. The van der Waals surface area contributed by atoms with Gasteiger partial charge in [0.15, 0.2) is 0 Å². The van der Waals surface area contributed by atoms with Crippen molar-refractivity contribution in [2.75, 3.05) is 19.1 Å². The second kappa shape index (κ2) is 10.4. The summed E-state index contributed by atoms with van der Waals surface area (Å²) in [6.45, 7) is 1.88. The van der Waals surface area contributed by atoms with Gasteiger partial charge in [-0.25, -0.2) is 4.39 Å². The molecule has 6 nitrogen and oxygen atoms in total. The van der Waals surface area contributed by atoms with Crippen molar-refractivity contribution in [3.05, 3.63) is 59.4 Å². The fourth-order valence-electron chi connectivity index (χ4n) is 3.48. The maximum absolute atomic E-state index is 13.9. The van der Waals surface area contributed by atoms with Crippen molar-refractivity contribution in [3.8, 4) is 5.75 Å². The Balaban J connectivity index is 0.00000320. The van der Waals surface area contributed by atoms with Crippen molar-refractivity contribution in [2.45, 2.75) is 38.4 Å². The molecule has 2 unspecified atom stereocenters. The number of amides is 2. The molecule has 0 aliphatic carbocycles. The van der Waals surface area contributed by atoms with Gasteiger partial charge in [0.25, 0.3) is 0 Å². The van der Waals surface area contributed by atoms with E-state index in [9.17, 15) is 14.0 Å². The summed E-state index contributed by atoms with van der Waals surface area (Å²) < 4.78 is 19.2. The lowest BCUT2D eigenvalue weighted by Gasteiger charge is -2.27. The molecule has 1 aliphatic rings. The summed E-state index contributed by atoms with van der Waals surface area (Å²) in [6, 6.07) is 10.8. The lowest BCUT2D eigenvalue weighted by atomic mass is 10.1. The van der Waals surface area contributed by atoms with Gasteiger partial charge in [0.1, 0.15) is 17.6 Å². The number of likely N-dealkylation sites (N-methyl/N-ethyl adjacent to an activating group) is 1. The molecular formula is C22H27ClFN3O3. The SMILES string of the molecule is CNC(C)C(=O)NC1CCc2ccccc2N(Cc2cc(F)ccc2OC)C1=O.Cl. The van der Waals surface area contributed by atoms with Crippen LogP contribution in [-0.2, 0) is 22.6 Å². The van der Waals surface area contributed by atoms with Crippen molar-refractivity contribution in [1.82, 2.24) is 10.6 Å². The molecule has 0 bridgehead atoms. The summed E-state index contributed by atoms with van der Waals surface area (Å²) in [6.07, 6.45) is 1.15. The summed E-state index contributed by atoms with van der Waals surface area (Å²) in [7, 11) is 3.20. The number of benzene rings is 2. The predicted octanol–water partition coefficient (Wildman–Crippen LogP) is 2.83. The number of rotatable bonds is 6. The number of methoxy groups -OCH3 is 1. The minimum Gasteiger partial charge on any atom is -0.496 e. The van der Waals surface area contributed by atoms with Crippen LogP contribution < -0.4 is 20.3 Å². The first kappa shape index (κ1) is 23.6. The lowest BCUT2D eigenvalue weighted by molar-refractivity contribution is -0.128. The van der Waals surface area contributed by atoms with Crippen molar-refractivity contribution in [2.24, 2.45) is 0 Å². The normalized spacial score (nSPS) is 16.7. The molecule has 0 aromatic heterocycles. The van der Waals surface area contributed by atoms with E-state index in [1.165, 1.54) is 19.2 Å². The molecule has 1 heterocycles. The van der Waals surface area contributed by atoms with Gasteiger partial charge in [-0.2, -0.15) is 0 Å². The quantitative estimate of drug-likeness (QED) is 0.732. The smallest absolute Gasteiger partial charge is 0.249 e. The van der Waals surface area contributed by atoms with Crippen molar-refractivity contribution >= 4 is 29.9 Å². The molecule has 0 saturated heterocycles. The van der Waals surface area contributed by atoms with Crippen LogP contribution in [0.15, 0.2) is 42.5 Å². The van der Waals surface area contributed by atoms with Crippen LogP contribution in [0, 0.1) is 5.82 Å². The van der Waals surface area contributed by atoms with E-state index >= 15 is 0 Å². The number of hydrogen-bond acceptors (Lipinski definition) is 4. The first-order valence-electron chi connectivity index (χ1n) is 9.64. The van der Waals surface area contributed by atoms with Crippen LogP contribution in [0.3, 0.4) is 0 Å². The van der Waals surface area contributed by atoms with E-state index in [0.717, 1.165) is 11.3 Å². The topological polar surface area (TPSA) is 70.7 Å². The number of carbonyl (C=O) groups excluding carboxylic acids is 2. The Labute approximate surface area is 182 Å². The van der Waals surface area contributed by atoms with E-state index in [1.54, 1.807) is 24.9 Å². The number of anilines is 1. The molecule has 0 saturated carbocycles. The Morgan fingerprint density at radius 1 is 1.30 bits per heavy atom. The second-order valence-corrected chi connectivity index (χ2v) is 7.12. The monoisotopic (exact) mass is 435 g/mol. The molecule has 2 atom stereocenters. The van der Waals surface area contributed by atoms with Crippen molar-refractivity contribution < 1.29 is 18.7 Å². The number of carbonyl (C=O) groups is 2. The molecule has 2 amide bonds. The predicted molar refractivity (Wildman–Crippen MR) is 117 cm³/mol. The number of nitrogens with zero attached hydrogens (tertiary/aromatic N) is 1. The molecule has 0 spiro atoms. The van der Waals surface area contributed by atoms with Gasteiger partial charge in [0.05, 0.1) is 19.7 Å². The molecule has 8 heteroatoms. The average Bonchev–Trinajstić information content (AvgIpc) is 2.85. The molecule has 2 aromatic rings. The molecule has 0 fully saturated rings. The van der Waals surface area contributed by atoms with Crippen LogP contribution >= 0.6 is 12.4 Å². The zero-order valence-corrected chi connectivity index (χ0v) is 18.1. The number of nitrogens with one attached hydrogen (secondary N) is 2. The van der Waals surface area contributed by atoms with Crippen molar-refractivity contribution in [3.63, 3.8) is 0 Å². The van der Waals surface area contributed by atoms with Gasteiger partial charge in [-0.1, -0.05) is 18.2 Å². The second-order valence-electron chi connectivity index (χ2n) is 7.12. The minimum atomic E-state index is -0.662. The molecule has 2 N–H and O–H groups in total. The molecule has 0 radical (unpaired) electrons. The highest BCUT2D eigenvalue weighted by Gasteiger charge is 2.32. The lowest BCUT2D eigenvalue weighted by Crippen LogP contribution is -2.52. The molecular weight excluding hydrogens is 409 g/mol. The number of halogens is 2. The van der Waals surface area contributed by atoms with E-state index in [-0.39, 0.29) is 30.8 Å². The summed E-state index contributed by atoms with van der Waals surface area (Å²) in [5.41, 5.74) is 2.34. The number of hydrogen-bond donors (Lipinski definition) is 2. The first-order valence-corrected chi connectivity index (χ1v) is 9.64. The maximum Gasteiger partial charge on any atom is 0.249 e. The Kier molecular flexibility index (Phi) is 8.20. The standard InChI is InChI=1S/C22H26FN3O3.ClH/c1-14(24-2)21(27)25-18-10-8-15-6-4-5-7-19(15)26(22(18)28)13-16-12-17(23)9-11-20(16)29-3;/h4-7,9,11-12,14,18,24H,8,10,13H2,1-3H3,(H,25,27);1H. The summed E-state index contributed by atoms with van der Waals surface area (Å²) in [5.74, 6) is -0.354. The van der Waals surface area contributed by atoms with E-state index in [2.05, 4.69) is 10.6 Å². The Morgan fingerprint density at radius 3 is 2.73 bits per heavy atom. The van der Waals surface area contributed by atoms with Gasteiger partial charge in [-0.15, -0.1) is 12.4 Å². The van der Waals surface area contributed by atoms with Gasteiger partial charge >= 0.3 is 0 Å². The van der Waals surface area contributed by atoms with Gasteiger partial charge in [0, 0.05) is 11.3 Å². The van der Waals surface area contributed by atoms with Crippen LogP contribution in [0.4, 0.5) is 10.1 Å². The van der Waals surface area contributed by atoms with Crippen molar-refractivity contribution in [1.29, 1.82) is 0 Å². The van der Waals surface area contributed by atoms with Gasteiger partial charge < -0.3 is 20.3 Å². The Morgan fingerprint density at radius 2 is 2.03 bits per heavy atom. The summed E-state index contributed by atoms with van der Waals surface area (Å²) in [5, 5.41) is 5.73. The molecule has 1 aliphatic heterocycles. The van der Waals surface area contributed by atoms with Crippen LogP contribution in [-0.4, -0.2) is 38.1 Å². The summed E-state index contributed by atoms with van der Waals surface area (Å²) in [4.78, 5) is 27.4. The highest BCUT2D eigenvalue weighted by molar-refractivity contribution is 6.00. The zero-order chi connectivity index (χ0) is 21.0.